The lowest BCUT2D eigenvalue weighted by molar-refractivity contribution is 0.298. The molecule has 1 aromatic heterocycles. The molecule has 1 atom stereocenters. The molecule has 1 N–H and O–H groups in total. The van der Waals surface area contributed by atoms with E-state index in [4.69, 9.17) is 4.98 Å². The van der Waals surface area contributed by atoms with Crippen LogP contribution in [0.3, 0.4) is 0 Å². The molecular formula is C17H22N2S. The number of thiazole rings is 1. The van der Waals surface area contributed by atoms with Crippen LogP contribution < -0.4 is 5.32 Å². The number of rotatable bonds is 2. The summed E-state index contributed by atoms with van der Waals surface area (Å²) < 4.78 is 0. The predicted octanol–water partition coefficient (Wildman–Crippen LogP) is 3.99. The second kappa shape index (κ2) is 4.68. The third kappa shape index (κ3) is 1.92. The highest BCUT2D eigenvalue weighted by molar-refractivity contribution is 7.09. The van der Waals surface area contributed by atoms with Crippen molar-refractivity contribution >= 4 is 11.3 Å². The first kappa shape index (κ1) is 13.8. The van der Waals surface area contributed by atoms with E-state index < -0.39 is 0 Å². The molecule has 0 saturated heterocycles. The van der Waals surface area contributed by atoms with Gasteiger partial charge in [0.05, 0.1) is 5.54 Å². The number of hydrogen-bond donors (Lipinski definition) is 1. The lowest BCUT2D eigenvalue weighted by atomic mass is 9.65. The molecule has 0 amide bonds. The van der Waals surface area contributed by atoms with Crippen molar-refractivity contribution in [1.82, 2.24) is 10.3 Å². The van der Waals surface area contributed by atoms with E-state index in [9.17, 15) is 0 Å². The summed E-state index contributed by atoms with van der Waals surface area (Å²) in [5, 5.41) is 6.93. The van der Waals surface area contributed by atoms with Crippen LogP contribution in [0.25, 0.3) is 0 Å². The molecule has 0 spiro atoms. The lowest BCUT2D eigenvalue weighted by Gasteiger charge is -2.44. The number of hydrogen-bond acceptors (Lipinski definition) is 3. The standard InChI is InChI=1S/C17H22N2S/c1-12-11-20-15(19-12)17(18-4)10-9-16(2,3)13-7-5-6-8-14(13)17/h5-8,11,18H,9-10H2,1-4H3. The Kier molecular flexibility index (Phi) is 3.22. The van der Waals surface area contributed by atoms with E-state index in [-0.39, 0.29) is 11.0 Å². The maximum atomic E-state index is 4.78. The Balaban J connectivity index is 2.23. The molecule has 3 heteroatoms. The summed E-state index contributed by atoms with van der Waals surface area (Å²) in [6, 6.07) is 8.84. The first-order valence-corrected chi connectivity index (χ1v) is 8.09. The van der Waals surface area contributed by atoms with E-state index in [1.54, 1.807) is 11.3 Å². The molecule has 0 bridgehead atoms. The summed E-state index contributed by atoms with van der Waals surface area (Å²) >= 11 is 1.77. The molecule has 1 aliphatic carbocycles. The van der Waals surface area contributed by atoms with Crippen LogP contribution in [0.2, 0.25) is 0 Å². The van der Waals surface area contributed by atoms with Crippen molar-refractivity contribution in [2.24, 2.45) is 0 Å². The molecular weight excluding hydrogens is 264 g/mol. The van der Waals surface area contributed by atoms with Gasteiger partial charge in [-0.2, -0.15) is 0 Å². The van der Waals surface area contributed by atoms with E-state index in [0.29, 0.717) is 0 Å². The zero-order valence-electron chi connectivity index (χ0n) is 12.7. The lowest BCUT2D eigenvalue weighted by Crippen LogP contribution is -2.47. The molecule has 1 heterocycles. The first-order valence-electron chi connectivity index (χ1n) is 7.21. The van der Waals surface area contributed by atoms with Crippen LogP contribution in [0.15, 0.2) is 29.6 Å². The van der Waals surface area contributed by atoms with Gasteiger partial charge in [0.1, 0.15) is 5.01 Å². The summed E-state index contributed by atoms with van der Waals surface area (Å²) in [5.74, 6) is 0. The van der Waals surface area contributed by atoms with Crippen molar-refractivity contribution < 1.29 is 0 Å². The van der Waals surface area contributed by atoms with E-state index in [1.807, 2.05) is 0 Å². The second-order valence-corrected chi connectivity index (χ2v) is 7.24. The van der Waals surface area contributed by atoms with Gasteiger partial charge >= 0.3 is 0 Å². The average molecular weight is 286 g/mol. The van der Waals surface area contributed by atoms with E-state index in [2.05, 4.69) is 62.8 Å². The maximum absolute atomic E-state index is 4.78. The van der Waals surface area contributed by atoms with Gasteiger partial charge in [-0.1, -0.05) is 38.1 Å². The Labute approximate surface area is 125 Å². The van der Waals surface area contributed by atoms with E-state index in [1.165, 1.54) is 22.6 Å². The van der Waals surface area contributed by atoms with Gasteiger partial charge in [-0.15, -0.1) is 11.3 Å². The fraction of sp³-hybridized carbons (Fsp3) is 0.471. The maximum Gasteiger partial charge on any atom is 0.118 e. The first-order chi connectivity index (χ1) is 9.49. The SMILES string of the molecule is CNC1(c2nc(C)cs2)CCC(C)(C)c2ccccc21. The topological polar surface area (TPSA) is 24.9 Å². The summed E-state index contributed by atoms with van der Waals surface area (Å²) in [4.78, 5) is 4.78. The summed E-state index contributed by atoms with van der Waals surface area (Å²) in [6.45, 7) is 6.76. The van der Waals surface area contributed by atoms with Crippen LogP contribution in [0.5, 0.6) is 0 Å². The van der Waals surface area contributed by atoms with Crippen LogP contribution >= 0.6 is 11.3 Å². The van der Waals surface area contributed by atoms with Crippen LogP contribution in [0.4, 0.5) is 0 Å². The van der Waals surface area contributed by atoms with Crippen molar-refractivity contribution in [3.8, 4) is 0 Å². The van der Waals surface area contributed by atoms with Crippen LogP contribution in [0.1, 0.15) is 48.5 Å². The largest absolute Gasteiger partial charge is 0.305 e. The predicted molar refractivity (Wildman–Crippen MR) is 85.4 cm³/mol. The molecule has 106 valence electrons. The van der Waals surface area contributed by atoms with Gasteiger partial charge in [0.2, 0.25) is 0 Å². The number of benzene rings is 1. The molecule has 2 nitrogen and oxygen atoms in total. The minimum atomic E-state index is -0.120. The number of aromatic nitrogens is 1. The molecule has 0 aliphatic heterocycles. The number of fused-ring (bicyclic) bond motifs is 1. The van der Waals surface area contributed by atoms with Gasteiger partial charge in [-0.25, -0.2) is 4.98 Å². The monoisotopic (exact) mass is 286 g/mol. The minimum absolute atomic E-state index is 0.120. The van der Waals surface area contributed by atoms with Gasteiger partial charge in [0.15, 0.2) is 0 Å². The quantitative estimate of drug-likeness (QED) is 0.903. The number of nitrogens with zero attached hydrogens (tertiary/aromatic N) is 1. The van der Waals surface area contributed by atoms with Gasteiger partial charge in [-0.3, -0.25) is 0 Å². The summed E-state index contributed by atoms with van der Waals surface area (Å²) in [6.07, 6.45) is 2.27. The zero-order chi connectivity index (χ0) is 14.4. The Morgan fingerprint density at radius 1 is 1.15 bits per heavy atom. The highest BCUT2D eigenvalue weighted by atomic mass is 32.1. The smallest absolute Gasteiger partial charge is 0.118 e. The molecule has 0 radical (unpaired) electrons. The van der Waals surface area contributed by atoms with Crippen LogP contribution in [-0.4, -0.2) is 12.0 Å². The zero-order valence-corrected chi connectivity index (χ0v) is 13.5. The Bertz CT molecular complexity index is 629. The fourth-order valence-electron chi connectivity index (χ4n) is 3.35. The van der Waals surface area contributed by atoms with Crippen molar-refractivity contribution in [3.63, 3.8) is 0 Å². The Morgan fingerprint density at radius 2 is 1.85 bits per heavy atom. The normalized spacial score (nSPS) is 24.4. The average Bonchev–Trinajstić information content (AvgIpc) is 2.87. The van der Waals surface area contributed by atoms with Gasteiger partial charge < -0.3 is 5.32 Å². The third-order valence-corrected chi connectivity index (χ3v) is 5.77. The third-order valence-electron chi connectivity index (χ3n) is 4.65. The fourth-order valence-corrected chi connectivity index (χ4v) is 4.40. The van der Waals surface area contributed by atoms with Crippen molar-refractivity contribution in [3.05, 3.63) is 51.5 Å². The van der Waals surface area contributed by atoms with Crippen molar-refractivity contribution in [2.45, 2.75) is 44.6 Å². The molecule has 3 rings (SSSR count). The summed E-state index contributed by atoms with van der Waals surface area (Å²) in [5.41, 5.74) is 4.08. The van der Waals surface area contributed by atoms with Gasteiger partial charge in [0.25, 0.3) is 0 Å². The van der Waals surface area contributed by atoms with Crippen molar-refractivity contribution in [2.75, 3.05) is 7.05 Å². The molecule has 1 aromatic carbocycles. The van der Waals surface area contributed by atoms with Gasteiger partial charge in [0, 0.05) is 11.1 Å². The molecule has 0 saturated carbocycles. The van der Waals surface area contributed by atoms with Crippen LogP contribution in [-0.2, 0) is 11.0 Å². The summed E-state index contributed by atoms with van der Waals surface area (Å²) in [7, 11) is 2.06. The highest BCUT2D eigenvalue weighted by Gasteiger charge is 2.44. The minimum Gasteiger partial charge on any atom is -0.305 e. The number of aryl methyl sites for hydroxylation is 1. The van der Waals surface area contributed by atoms with E-state index >= 15 is 0 Å². The van der Waals surface area contributed by atoms with Crippen LogP contribution in [0, 0.1) is 6.92 Å². The molecule has 1 aliphatic rings. The molecule has 0 fully saturated rings. The van der Waals surface area contributed by atoms with Crippen molar-refractivity contribution in [1.29, 1.82) is 0 Å². The van der Waals surface area contributed by atoms with E-state index in [0.717, 1.165) is 12.1 Å². The number of nitrogens with one attached hydrogen (secondary N) is 1. The molecule has 2 aromatic rings. The molecule has 20 heavy (non-hydrogen) atoms. The second-order valence-electron chi connectivity index (χ2n) is 6.38. The Morgan fingerprint density at radius 3 is 2.45 bits per heavy atom. The Hall–Kier alpha value is -1.19. The van der Waals surface area contributed by atoms with Gasteiger partial charge in [-0.05, 0) is 43.4 Å². The molecule has 1 unspecified atom stereocenters. The highest BCUT2D eigenvalue weighted by Crippen LogP contribution is 2.48.